The Morgan fingerprint density at radius 2 is 1.79 bits per heavy atom. The summed E-state index contributed by atoms with van der Waals surface area (Å²) in [6.45, 7) is 3.34. The first kappa shape index (κ1) is 15.6. The molecule has 5 nitrogen and oxygen atoms in total. The van der Waals surface area contributed by atoms with E-state index in [-0.39, 0.29) is 5.43 Å². The number of methoxy groups -OCH3 is 1. The SMILES string of the molecule is C=CC(=O)Oc1ccc(-c2cc(=O)c3cc(OC)ccc3o2)cc1. The maximum Gasteiger partial charge on any atom is 0.335 e. The minimum atomic E-state index is -0.533. The van der Waals surface area contributed by atoms with E-state index in [9.17, 15) is 9.59 Å². The van der Waals surface area contributed by atoms with Crippen LogP contribution in [0.15, 0.2) is 70.4 Å². The first-order valence-corrected chi connectivity index (χ1v) is 7.17. The number of hydrogen-bond acceptors (Lipinski definition) is 5. The number of hydrogen-bond donors (Lipinski definition) is 0. The average Bonchev–Trinajstić information content (AvgIpc) is 2.62. The van der Waals surface area contributed by atoms with Crippen LogP contribution < -0.4 is 14.9 Å². The molecule has 0 unspecified atom stereocenters. The van der Waals surface area contributed by atoms with Gasteiger partial charge in [0.2, 0.25) is 0 Å². The maximum absolute atomic E-state index is 12.3. The lowest BCUT2D eigenvalue weighted by Crippen LogP contribution is -2.03. The van der Waals surface area contributed by atoms with Crippen LogP contribution in [0.3, 0.4) is 0 Å². The molecular weight excluding hydrogens is 308 g/mol. The lowest BCUT2D eigenvalue weighted by molar-refractivity contribution is -0.128. The van der Waals surface area contributed by atoms with Gasteiger partial charge in [-0.05, 0) is 42.5 Å². The molecule has 0 atom stereocenters. The molecule has 24 heavy (non-hydrogen) atoms. The Balaban J connectivity index is 1.99. The zero-order valence-corrected chi connectivity index (χ0v) is 12.9. The van der Waals surface area contributed by atoms with Crippen LogP contribution in [0.4, 0.5) is 0 Å². The van der Waals surface area contributed by atoms with Crippen LogP contribution in [0.5, 0.6) is 11.5 Å². The predicted molar refractivity (Wildman–Crippen MR) is 90.3 cm³/mol. The van der Waals surface area contributed by atoms with E-state index in [2.05, 4.69) is 6.58 Å². The van der Waals surface area contributed by atoms with Crippen molar-refractivity contribution in [1.29, 1.82) is 0 Å². The first-order chi connectivity index (χ1) is 11.6. The molecular formula is C19H14O5. The third-order valence-electron chi connectivity index (χ3n) is 3.46. The quantitative estimate of drug-likeness (QED) is 0.417. The van der Waals surface area contributed by atoms with Crippen LogP contribution in [0.25, 0.3) is 22.3 Å². The van der Waals surface area contributed by atoms with E-state index in [0.717, 1.165) is 6.08 Å². The van der Waals surface area contributed by atoms with Gasteiger partial charge in [0.05, 0.1) is 12.5 Å². The van der Waals surface area contributed by atoms with Gasteiger partial charge in [0, 0.05) is 17.7 Å². The summed E-state index contributed by atoms with van der Waals surface area (Å²) in [4.78, 5) is 23.5. The highest BCUT2D eigenvalue weighted by Crippen LogP contribution is 2.26. The minimum absolute atomic E-state index is 0.160. The Morgan fingerprint density at radius 3 is 2.46 bits per heavy atom. The largest absolute Gasteiger partial charge is 0.497 e. The van der Waals surface area contributed by atoms with Crippen molar-refractivity contribution in [2.45, 2.75) is 0 Å². The Hall–Kier alpha value is -3.34. The van der Waals surface area contributed by atoms with Gasteiger partial charge in [-0.25, -0.2) is 4.79 Å². The minimum Gasteiger partial charge on any atom is -0.497 e. The predicted octanol–water partition coefficient (Wildman–Crippen LogP) is 3.56. The van der Waals surface area contributed by atoms with Crippen molar-refractivity contribution in [2.24, 2.45) is 0 Å². The van der Waals surface area contributed by atoms with Crippen molar-refractivity contribution < 1.29 is 18.7 Å². The third-order valence-corrected chi connectivity index (χ3v) is 3.46. The fourth-order valence-electron chi connectivity index (χ4n) is 2.25. The lowest BCUT2D eigenvalue weighted by atomic mass is 10.1. The van der Waals surface area contributed by atoms with E-state index in [0.29, 0.717) is 33.8 Å². The van der Waals surface area contributed by atoms with Gasteiger partial charge in [-0.1, -0.05) is 6.58 Å². The lowest BCUT2D eigenvalue weighted by Gasteiger charge is -2.06. The molecule has 5 heteroatoms. The molecule has 0 saturated heterocycles. The number of carbonyl (C=O) groups is 1. The summed E-state index contributed by atoms with van der Waals surface area (Å²) in [6.07, 6.45) is 1.09. The molecule has 0 saturated carbocycles. The molecule has 0 aliphatic rings. The monoisotopic (exact) mass is 322 g/mol. The van der Waals surface area contributed by atoms with Crippen molar-refractivity contribution in [2.75, 3.05) is 7.11 Å². The Bertz CT molecular complexity index is 967. The van der Waals surface area contributed by atoms with Crippen molar-refractivity contribution >= 4 is 16.9 Å². The van der Waals surface area contributed by atoms with Crippen LogP contribution in [-0.4, -0.2) is 13.1 Å². The van der Waals surface area contributed by atoms with Crippen LogP contribution in [-0.2, 0) is 4.79 Å². The maximum atomic E-state index is 12.3. The summed E-state index contributed by atoms with van der Waals surface area (Å²) in [6, 6.07) is 13.1. The second kappa shape index (κ2) is 6.42. The first-order valence-electron chi connectivity index (χ1n) is 7.17. The summed E-state index contributed by atoms with van der Waals surface area (Å²) in [7, 11) is 1.54. The molecule has 0 aliphatic carbocycles. The number of ether oxygens (including phenoxy) is 2. The van der Waals surface area contributed by atoms with E-state index in [1.54, 1.807) is 42.5 Å². The van der Waals surface area contributed by atoms with E-state index in [4.69, 9.17) is 13.9 Å². The highest BCUT2D eigenvalue weighted by atomic mass is 16.5. The number of fused-ring (bicyclic) bond motifs is 1. The Labute approximate surface area is 137 Å². The second-order valence-electron chi connectivity index (χ2n) is 4.99. The summed E-state index contributed by atoms with van der Waals surface area (Å²) in [5.74, 6) is 0.876. The van der Waals surface area contributed by atoms with Gasteiger partial charge in [0.1, 0.15) is 22.8 Å². The normalized spacial score (nSPS) is 10.4. The van der Waals surface area contributed by atoms with Gasteiger partial charge in [0.25, 0.3) is 0 Å². The summed E-state index contributed by atoms with van der Waals surface area (Å²) >= 11 is 0. The number of rotatable bonds is 4. The topological polar surface area (TPSA) is 65.7 Å². The van der Waals surface area contributed by atoms with Gasteiger partial charge >= 0.3 is 5.97 Å². The number of esters is 1. The molecule has 3 aromatic rings. The molecule has 2 aromatic carbocycles. The van der Waals surface area contributed by atoms with Gasteiger partial charge in [-0.3, -0.25) is 4.79 Å². The third kappa shape index (κ3) is 3.05. The van der Waals surface area contributed by atoms with E-state index < -0.39 is 5.97 Å². The van der Waals surface area contributed by atoms with E-state index >= 15 is 0 Å². The van der Waals surface area contributed by atoms with Gasteiger partial charge in [-0.2, -0.15) is 0 Å². The molecule has 3 rings (SSSR count). The molecule has 120 valence electrons. The Morgan fingerprint density at radius 1 is 1.08 bits per heavy atom. The molecule has 0 amide bonds. The molecule has 0 bridgehead atoms. The summed E-state index contributed by atoms with van der Waals surface area (Å²) < 4.78 is 15.9. The molecule has 0 fully saturated rings. The van der Waals surface area contributed by atoms with Crippen molar-refractivity contribution in [3.05, 3.63) is 71.4 Å². The molecule has 0 aliphatic heterocycles. The standard InChI is InChI=1S/C19H14O5/c1-3-19(21)23-13-6-4-12(5-7-13)18-11-16(20)15-10-14(22-2)8-9-17(15)24-18/h3-11H,1H2,2H3. The molecule has 0 radical (unpaired) electrons. The fraction of sp³-hybridized carbons (Fsp3) is 0.0526. The second-order valence-corrected chi connectivity index (χ2v) is 4.99. The molecule has 0 N–H and O–H groups in total. The van der Waals surface area contributed by atoms with Gasteiger partial charge in [0.15, 0.2) is 5.43 Å². The zero-order valence-electron chi connectivity index (χ0n) is 12.9. The van der Waals surface area contributed by atoms with E-state index in [1.165, 1.54) is 13.2 Å². The van der Waals surface area contributed by atoms with E-state index in [1.807, 2.05) is 0 Å². The zero-order chi connectivity index (χ0) is 17.1. The Kier molecular flexibility index (Phi) is 4.16. The smallest absolute Gasteiger partial charge is 0.335 e. The molecule has 1 heterocycles. The highest BCUT2D eigenvalue weighted by Gasteiger charge is 2.09. The number of carbonyl (C=O) groups excluding carboxylic acids is 1. The molecule has 0 spiro atoms. The van der Waals surface area contributed by atoms with Crippen molar-refractivity contribution in [1.82, 2.24) is 0 Å². The van der Waals surface area contributed by atoms with Crippen molar-refractivity contribution in [3.8, 4) is 22.8 Å². The van der Waals surface area contributed by atoms with Gasteiger partial charge in [-0.15, -0.1) is 0 Å². The van der Waals surface area contributed by atoms with Crippen LogP contribution in [0.1, 0.15) is 0 Å². The highest BCUT2D eigenvalue weighted by molar-refractivity contribution is 5.83. The van der Waals surface area contributed by atoms with Gasteiger partial charge < -0.3 is 13.9 Å². The van der Waals surface area contributed by atoms with Crippen LogP contribution in [0.2, 0.25) is 0 Å². The number of benzene rings is 2. The summed E-state index contributed by atoms with van der Waals surface area (Å²) in [5.41, 5.74) is 1.01. The average molecular weight is 322 g/mol. The van der Waals surface area contributed by atoms with Crippen molar-refractivity contribution in [3.63, 3.8) is 0 Å². The molecule has 1 aromatic heterocycles. The van der Waals surface area contributed by atoms with Crippen LogP contribution >= 0.6 is 0 Å². The summed E-state index contributed by atoms with van der Waals surface area (Å²) in [5, 5.41) is 0.453. The van der Waals surface area contributed by atoms with Crippen LogP contribution in [0, 0.1) is 0 Å². The fourth-order valence-corrected chi connectivity index (χ4v) is 2.25.